The Morgan fingerprint density at radius 2 is 2.06 bits per heavy atom. The molecule has 2 aromatic rings. The quantitative estimate of drug-likeness (QED) is 0.828. The van der Waals surface area contributed by atoms with E-state index in [0.717, 1.165) is 17.1 Å². The largest absolute Gasteiger partial charge is 0.478 e. The predicted octanol–water partition coefficient (Wildman–Crippen LogP) is 4.30. The zero-order chi connectivity index (χ0) is 13.0. The molecule has 1 aromatic carbocycles. The Kier molecular flexibility index (Phi) is 4.44. The van der Waals surface area contributed by atoms with E-state index < -0.39 is 5.97 Å². The average Bonchev–Trinajstić information content (AvgIpc) is 2.84. The summed E-state index contributed by atoms with van der Waals surface area (Å²) in [6.45, 7) is 2.15. The van der Waals surface area contributed by atoms with Crippen LogP contribution in [0.2, 0.25) is 0 Å². The molecule has 2 nitrogen and oxygen atoms in total. The van der Waals surface area contributed by atoms with Crippen LogP contribution in [0.5, 0.6) is 0 Å². The summed E-state index contributed by atoms with van der Waals surface area (Å²) in [5, 5.41) is 8.92. The maximum Gasteiger partial charge on any atom is 0.335 e. The number of aromatic carboxylic acids is 1. The summed E-state index contributed by atoms with van der Waals surface area (Å²) >= 11 is 3.50. The highest BCUT2D eigenvalue weighted by Gasteiger charge is 2.04. The minimum Gasteiger partial charge on any atom is -0.478 e. The number of carboxylic acid groups (broad SMARTS) is 1. The summed E-state index contributed by atoms with van der Waals surface area (Å²) in [6.07, 6.45) is 1.07. The van der Waals surface area contributed by atoms with Gasteiger partial charge in [-0.05, 0) is 36.8 Å². The van der Waals surface area contributed by atoms with Crippen LogP contribution in [0, 0.1) is 0 Å². The van der Waals surface area contributed by atoms with Gasteiger partial charge in [-0.25, -0.2) is 4.79 Å². The highest BCUT2D eigenvalue weighted by Crippen LogP contribution is 2.27. The van der Waals surface area contributed by atoms with Crippen molar-refractivity contribution in [1.29, 1.82) is 0 Å². The number of thiophene rings is 1. The molecule has 1 heterocycles. The molecule has 0 spiro atoms. The Morgan fingerprint density at radius 1 is 1.28 bits per heavy atom. The van der Waals surface area contributed by atoms with Gasteiger partial charge in [0.2, 0.25) is 0 Å². The van der Waals surface area contributed by atoms with Crippen LogP contribution < -0.4 is 0 Å². The zero-order valence-corrected chi connectivity index (χ0v) is 11.7. The highest BCUT2D eigenvalue weighted by atomic mass is 32.2. The molecule has 0 unspecified atom stereocenters. The number of hydrogen-bond donors (Lipinski definition) is 1. The number of carbonyl (C=O) groups is 1. The molecule has 4 heteroatoms. The van der Waals surface area contributed by atoms with E-state index >= 15 is 0 Å². The monoisotopic (exact) mass is 278 g/mol. The van der Waals surface area contributed by atoms with E-state index in [9.17, 15) is 4.79 Å². The zero-order valence-electron chi connectivity index (χ0n) is 10.1. The molecule has 0 aliphatic carbocycles. The molecule has 18 heavy (non-hydrogen) atoms. The number of benzene rings is 1. The second-order valence-electron chi connectivity index (χ2n) is 3.84. The van der Waals surface area contributed by atoms with Crippen LogP contribution >= 0.6 is 23.1 Å². The predicted molar refractivity (Wildman–Crippen MR) is 76.7 cm³/mol. The van der Waals surface area contributed by atoms with Gasteiger partial charge in [0.25, 0.3) is 0 Å². The molecule has 1 N–H and O–H groups in total. The Labute approximate surface area is 115 Å². The van der Waals surface area contributed by atoms with E-state index in [0.29, 0.717) is 5.56 Å². The van der Waals surface area contributed by atoms with Crippen LogP contribution in [-0.4, -0.2) is 11.1 Å². The molecule has 0 saturated heterocycles. The lowest BCUT2D eigenvalue weighted by molar-refractivity contribution is 0.0696. The van der Waals surface area contributed by atoms with Gasteiger partial charge in [-0.1, -0.05) is 13.0 Å². The fraction of sp³-hybridized carbons (Fsp3) is 0.214. The van der Waals surface area contributed by atoms with E-state index in [-0.39, 0.29) is 0 Å². The van der Waals surface area contributed by atoms with Gasteiger partial charge in [0, 0.05) is 20.4 Å². The van der Waals surface area contributed by atoms with Crippen LogP contribution in [-0.2, 0) is 12.2 Å². The van der Waals surface area contributed by atoms with Gasteiger partial charge < -0.3 is 5.11 Å². The fourth-order valence-electron chi connectivity index (χ4n) is 1.56. The van der Waals surface area contributed by atoms with Gasteiger partial charge in [-0.15, -0.1) is 23.1 Å². The first-order valence-corrected chi connectivity index (χ1v) is 7.53. The minimum atomic E-state index is -0.873. The molecular formula is C14H14O2S2. The van der Waals surface area contributed by atoms with Crippen LogP contribution in [0.3, 0.4) is 0 Å². The van der Waals surface area contributed by atoms with Crippen molar-refractivity contribution in [1.82, 2.24) is 0 Å². The van der Waals surface area contributed by atoms with Crippen LogP contribution in [0.4, 0.5) is 0 Å². The lowest BCUT2D eigenvalue weighted by Gasteiger charge is -2.01. The molecule has 0 fully saturated rings. The van der Waals surface area contributed by atoms with Crippen LogP contribution in [0.15, 0.2) is 41.3 Å². The summed E-state index contributed by atoms with van der Waals surface area (Å²) in [5.74, 6) is 0.0233. The summed E-state index contributed by atoms with van der Waals surface area (Å²) < 4.78 is 0. The standard InChI is InChI=1S/C14H14O2S2/c1-2-11-6-7-13(18-11)9-17-12-5-3-4-10(8-12)14(15)16/h3-8H,2,9H2,1H3,(H,15,16). The molecule has 2 rings (SSSR count). The number of hydrogen-bond acceptors (Lipinski definition) is 3. The second kappa shape index (κ2) is 6.07. The topological polar surface area (TPSA) is 37.3 Å². The van der Waals surface area contributed by atoms with Crippen molar-refractivity contribution in [3.63, 3.8) is 0 Å². The third kappa shape index (κ3) is 3.37. The molecule has 0 radical (unpaired) electrons. The number of thioether (sulfide) groups is 1. The van der Waals surface area contributed by atoms with E-state index in [4.69, 9.17) is 5.11 Å². The molecule has 0 atom stereocenters. The van der Waals surface area contributed by atoms with Crippen molar-refractivity contribution >= 4 is 29.1 Å². The Hall–Kier alpha value is -1.26. The molecule has 0 aliphatic heterocycles. The molecule has 1 aromatic heterocycles. The molecular weight excluding hydrogens is 264 g/mol. The first-order chi connectivity index (χ1) is 8.69. The SMILES string of the molecule is CCc1ccc(CSc2cccc(C(=O)O)c2)s1. The Morgan fingerprint density at radius 3 is 2.72 bits per heavy atom. The minimum absolute atomic E-state index is 0.348. The Balaban J connectivity index is 2.01. The maximum atomic E-state index is 10.9. The summed E-state index contributed by atoms with van der Waals surface area (Å²) in [4.78, 5) is 14.6. The van der Waals surface area contributed by atoms with Crippen molar-refractivity contribution in [2.45, 2.75) is 24.0 Å². The smallest absolute Gasteiger partial charge is 0.335 e. The summed E-state index contributed by atoms with van der Waals surface area (Å²) in [7, 11) is 0. The van der Waals surface area contributed by atoms with Gasteiger partial charge in [0.1, 0.15) is 0 Å². The van der Waals surface area contributed by atoms with Crippen LogP contribution in [0.25, 0.3) is 0 Å². The highest BCUT2D eigenvalue weighted by molar-refractivity contribution is 7.98. The van der Waals surface area contributed by atoms with Crippen molar-refractivity contribution in [2.75, 3.05) is 0 Å². The van der Waals surface area contributed by atoms with Crippen LogP contribution in [0.1, 0.15) is 27.0 Å². The lowest BCUT2D eigenvalue weighted by atomic mass is 10.2. The number of carboxylic acids is 1. The van der Waals surface area contributed by atoms with Gasteiger partial charge in [-0.2, -0.15) is 0 Å². The fourth-order valence-corrected chi connectivity index (χ4v) is 3.52. The number of aryl methyl sites for hydroxylation is 1. The van der Waals surface area contributed by atoms with E-state index in [2.05, 4.69) is 19.1 Å². The maximum absolute atomic E-state index is 10.9. The van der Waals surface area contributed by atoms with Gasteiger partial charge >= 0.3 is 5.97 Å². The normalized spacial score (nSPS) is 10.5. The first kappa shape index (κ1) is 13.2. The van der Waals surface area contributed by atoms with Crippen molar-refractivity contribution in [2.24, 2.45) is 0 Å². The molecule has 0 bridgehead atoms. The van der Waals surface area contributed by atoms with Crippen molar-refractivity contribution in [3.8, 4) is 0 Å². The molecule has 0 aliphatic rings. The molecule has 0 saturated carbocycles. The summed E-state index contributed by atoms with van der Waals surface area (Å²) in [5.41, 5.74) is 0.348. The third-order valence-corrected chi connectivity index (χ3v) is 4.98. The second-order valence-corrected chi connectivity index (χ2v) is 6.14. The molecule has 94 valence electrons. The summed E-state index contributed by atoms with van der Waals surface area (Å²) in [6, 6.07) is 11.4. The van der Waals surface area contributed by atoms with Gasteiger partial charge in [0.15, 0.2) is 0 Å². The number of rotatable bonds is 5. The van der Waals surface area contributed by atoms with Crippen molar-refractivity contribution < 1.29 is 9.90 Å². The van der Waals surface area contributed by atoms with E-state index in [1.54, 1.807) is 30.0 Å². The van der Waals surface area contributed by atoms with E-state index in [1.165, 1.54) is 9.75 Å². The Bertz CT molecular complexity index is 546. The van der Waals surface area contributed by atoms with Crippen molar-refractivity contribution in [3.05, 3.63) is 51.7 Å². The van der Waals surface area contributed by atoms with Gasteiger partial charge in [0.05, 0.1) is 5.56 Å². The average molecular weight is 278 g/mol. The van der Waals surface area contributed by atoms with Gasteiger partial charge in [-0.3, -0.25) is 0 Å². The first-order valence-electron chi connectivity index (χ1n) is 5.73. The molecule has 0 amide bonds. The third-order valence-electron chi connectivity index (χ3n) is 2.53. The van der Waals surface area contributed by atoms with E-state index in [1.807, 2.05) is 17.4 Å². The lowest BCUT2D eigenvalue weighted by Crippen LogP contribution is -1.95.